The lowest BCUT2D eigenvalue weighted by molar-refractivity contribution is -0.146. The molecule has 1 aromatic heterocycles. The predicted molar refractivity (Wildman–Crippen MR) is 33.7 cm³/mol. The van der Waals surface area contributed by atoms with Gasteiger partial charge >= 0.3 is 6.18 Å². The van der Waals surface area contributed by atoms with Crippen molar-refractivity contribution in [2.45, 2.75) is 12.6 Å². The quantitative estimate of drug-likeness (QED) is 0.684. The molecule has 0 saturated carbocycles. The second kappa shape index (κ2) is 3.30. The normalized spacial score (nSPS) is 12.0. The van der Waals surface area contributed by atoms with E-state index in [-0.39, 0.29) is 18.2 Å². The van der Waals surface area contributed by atoms with E-state index in [0.717, 1.165) is 0 Å². The van der Waals surface area contributed by atoms with Crippen LogP contribution in [0.5, 0.6) is 0 Å². The van der Waals surface area contributed by atoms with E-state index in [1.54, 1.807) is 0 Å². The van der Waals surface area contributed by atoms with Gasteiger partial charge in [-0.2, -0.15) is 18.2 Å². The van der Waals surface area contributed by atoms with Crippen LogP contribution in [0, 0.1) is 0 Å². The van der Waals surface area contributed by atoms with Gasteiger partial charge in [0.05, 0.1) is 0 Å². The first kappa shape index (κ1) is 9.31. The molecule has 3 nitrogen and oxygen atoms in total. The maximum Gasteiger partial charge on any atom is 0.455 e. The molecular weight excluding hydrogens is 197 g/mol. The van der Waals surface area contributed by atoms with E-state index < -0.39 is 12.0 Å². The fourth-order valence-electron chi connectivity index (χ4n) is 0.552. The fourth-order valence-corrected chi connectivity index (χ4v) is 0.714. The molecule has 0 aromatic carbocycles. The second-order valence-corrected chi connectivity index (χ2v) is 2.33. The molecule has 1 aromatic rings. The van der Waals surface area contributed by atoms with Crippen molar-refractivity contribution in [2.24, 2.45) is 0 Å². The molecular formula is C5H4ClF3N2O. The summed E-state index contributed by atoms with van der Waals surface area (Å²) in [6, 6.07) is 0. The van der Waals surface area contributed by atoms with Gasteiger partial charge in [-0.15, -0.1) is 11.6 Å². The highest BCUT2D eigenvalue weighted by molar-refractivity contribution is 6.17. The van der Waals surface area contributed by atoms with Crippen LogP contribution >= 0.6 is 11.6 Å². The average Bonchev–Trinajstić information content (AvgIpc) is 2.35. The van der Waals surface area contributed by atoms with E-state index in [0.29, 0.717) is 0 Å². The molecule has 0 saturated heterocycles. The van der Waals surface area contributed by atoms with Crippen LogP contribution in [0.2, 0.25) is 0 Å². The van der Waals surface area contributed by atoms with Gasteiger partial charge in [0.2, 0.25) is 5.89 Å². The fraction of sp³-hybridized carbons (Fsp3) is 0.600. The molecule has 7 heteroatoms. The molecule has 0 aliphatic carbocycles. The summed E-state index contributed by atoms with van der Waals surface area (Å²) < 4.78 is 39.7. The first-order chi connectivity index (χ1) is 5.54. The van der Waals surface area contributed by atoms with Crippen molar-refractivity contribution in [3.63, 3.8) is 0 Å². The van der Waals surface area contributed by atoms with Gasteiger partial charge < -0.3 is 4.52 Å². The van der Waals surface area contributed by atoms with Gasteiger partial charge in [0.15, 0.2) is 0 Å². The molecule has 0 bridgehead atoms. The standard InChI is InChI=1S/C5H4ClF3N2O/c6-2-1-3-10-4(11-12-3)5(7,8)9/h1-2H2. The lowest BCUT2D eigenvalue weighted by atomic mass is 10.5. The third kappa shape index (κ3) is 2.10. The molecule has 0 amide bonds. The number of aromatic nitrogens is 2. The summed E-state index contributed by atoms with van der Waals surface area (Å²) in [6.07, 6.45) is -4.40. The Morgan fingerprint density at radius 2 is 2.08 bits per heavy atom. The van der Waals surface area contributed by atoms with Gasteiger partial charge in [0.1, 0.15) is 0 Å². The Kier molecular flexibility index (Phi) is 2.56. The Morgan fingerprint density at radius 3 is 2.50 bits per heavy atom. The summed E-state index contributed by atoms with van der Waals surface area (Å²) in [5.41, 5.74) is 0. The highest BCUT2D eigenvalue weighted by atomic mass is 35.5. The van der Waals surface area contributed by atoms with E-state index in [2.05, 4.69) is 14.7 Å². The largest absolute Gasteiger partial charge is 0.455 e. The Labute approximate surface area is 70.5 Å². The molecule has 12 heavy (non-hydrogen) atoms. The van der Waals surface area contributed by atoms with Crippen LogP contribution in [0.25, 0.3) is 0 Å². The third-order valence-electron chi connectivity index (χ3n) is 1.03. The van der Waals surface area contributed by atoms with E-state index in [9.17, 15) is 13.2 Å². The minimum atomic E-state index is -4.55. The Balaban J connectivity index is 2.77. The molecule has 0 unspecified atom stereocenters. The summed E-state index contributed by atoms with van der Waals surface area (Å²) in [7, 11) is 0. The molecule has 68 valence electrons. The molecule has 0 spiro atoms. The molecule has 0 atom stereocenters. The lowest BCUT2D eigenvalue weighted by Gasteiger charge is -1.95. The maximum atomic E-state index is 11.8. The molecule has 0 aliphatic rings. The van der Waals surface area contributed by atoms with E-state index in [1.165, 1.54) is 0 Å². The van der Waals surface area contributed by atoms with E-state index >= 15 is 0 Å². The highest BCUT2D eigenvalue weighted by Gasteiger charge is 2.37. The number of hydrogen-bond donors (Lipinski definition) is 0. The van der Waals surface area contributed by atoms with Gasteiger partial charge in [-0.3, -0.25) is 0 Å². The van der Waals surface area contributed by atoms with Crippen LogP contribution < -0.4 is 0 Å². The zero-order valence-electron chi connectivity index (χ0n) is 5.73. The molecule has 0 aliphatic heterocycles. The van der Waals surface area contributed by atoms with E-state index in [1.807, 2.05) is 0 Å². The Morgan fingerprint density at radius 1 is 1.42 bits per heavy atom. The lowest BCUT2D eigenvalue weighted by Crippen LogP contribution is -2.07. The molecule has 0 radical (unpaired) electrons. The van der Waals surface area contributed by atoms with Gasteiger partial charge in [0, 0.05) is 12.3 Å². The van der Waals surface area contributed by atoms with Gasteiger partial charge in [0.25, 0.3) is 5.82 Å². The van der Waals surface area contributed by atoms with Crippen LogP contribution in [0.3, 0.4) is 0 Å². The smallest absolute Gasteiger partial charge is 0.339 e. The number of rotatable bonds is 2. The van der Waals surface area contributed by atoms with Crippen molar-refractivity contribution in [1.29, 1.82) is 0 Å². The number of halogens is 4. The summed E-state index contributed by atoms with van der Waals surface area (Å²) in [5, 5.41) is 2.74. The molecule has 1 heterocycles. The average molecular weight is 201 g/mol. The Hall–Kier alpha value is -0.780. The van der Waals surface area contributed by atoms with Crippen molar-refractivity contribution in [2.75, 3.05) is 5.88 Å². The summed E-state index contributed by atoms with van der Waals surface area (Å²) >= 11 is 5.25. The second-order valence-electron chi connectivity index (χ2n) is 1.95. The third-order valence-corrected chi connectivity index (χ3v) is 1.22. The predicted octanol–water partition coefficient (Wildman–Crippen LogP) is 1.87. The van der Waals surface area contributed by atoms with Crippen molar-refractivity contribution in [3.8, 4) is 0 Å². The SMILES string of the molecule is FC(F)(F)c1noc(CCCl)n1. The summed E-state index contributed by atoms with van der Waals surface area (Å²) in [5.74, 6) is -1.21. The Bertz CT molecular complexity index is 259. The monoisotopic (exact) mass is 200 g/mol. The van der Waals surface area contributed by atoms with Crippen molar-refractivity contribution < 1.29 is 17.7 Å². The van der Waals surface area contributed by atoms with Crippen LogP contribution in [-0.4, -0.2) is 16.0 Å². The summed E-state index contributed by atoms with van der Waals surface area (Å²) in [6.45, 7) is 0. The van der Waals surface area contributed by atoms with Gasteiger partial charge in [-0.1, -0.05) is 5.16 Å². The minimum absolute atomic E-state index is 0.0997. The minimum Gasteiger partial charge on any atom is -0.339 e. The first-order valence-corrected chi connectivity index (χ1v) is 3.53. The van der Waals surface area contributed by atoms with Crippen molar-refractivity contribution >= 4 is 11.6 Å². The number of nitrogens with zero attached hydrogens (tertiary/aromatic N) is 2. The number of aryl methyl sites for hydroxylation is 1. The molecule has 1 rings (SSSR count). The number of hydrogen-bond acceptors (Lipinski definition) is 3. The van der Waals surface area contributed by atoms with Gasteiger partial charge in [-0.05, 0) is 0 Å². The van der Waals surface area contributed by atoms with Crippen molar-refractivity contribution in [1.82, 2.24) is 10.1 Å². The molecule has 0 fully saturated rings. The zero-order chi connectivity index (χ0) is 9.19. The zero-order valence-corrected chi connectivity index (χ0v) is 6.48. The van der Waals surface area contributed by atoms with Gasteiger partial charge in [-0.25, -0.2) is 0 Å². The van der Waals surface area contributed by atoms with E-state index in [4.69, 9.17) is 11.6 Å². The van der Waals surface area contributed by atoms with Crippen LogP contribution in [-0.2, 0) is 12.6 Å². The maximum absolute atomic E-state index is 11.8. The van der Waals surface area contributed by atoms with Crippen LogP contribution in [0.1, 0.15) is 11.7 Å². The van der Waals surface area contributed by atoms with Crippen molar-refractivity contribution in [3.05, 3.63) is 11.7 Å². The summed E-state index contributed by atoms with van der Waals surface area (Å²) in [4.78, 5) is 3.08. The van der Waals surface area contributed by atoms with Crippen LogP contribution in [0.4, 0.5) is 13.2 Å². The van der Waals surface area contributed by atoms with Crippen LogP contribution in [0.15, 0.2) is 4.52 Å². The highest BCUT2D eigenvalue weighted by Crippen LogP contribution is 2.26. The number of alkyl halides is 4. The first-order valence-electron chi connectivity index (χ1n) is 3.00. The topological polar surface area (TPSA) is 38.9 Å². The molecule has 0 N–H and O–H groups in total.